The van der Waals surface area contributed by atoms with Gasteiger partial charge in [0.2, 0.25) is 5.91 Å². The van der Waals surface area contributed by atoms with Crippen molar-refractivity contribution in [2.75, 3.05) is 23.4 Å². The average molecular weight is 427 g/mol. The van der Waals surface area contributed by atoms with E-state index in [9.17, 15) is 9.59 Å². The second-order valence-corrected chi connectivity index (χ2v) is 8.55. The molecule has 158 valence electrons. The zero-order valence-electron chi connectivity index (χ0n) is 17.2. The minimum Gasteiger partial charge on any atom is -0.483 e. The molecule has 1 N–H and O–H groups in total. The number of benzene rings is 2. The fourth-order valence-corrected chi connectivity index (χ4v) is 4.71. The zero-order valence-corrected chi connectivity index (χ0v) is 18.0. The molecule has 5 nitrogen and oxygen atoms in total. The van der Waals surface area contributed by atoms with Crippen LogP contribution in [0, 0.1) is 0 Å². The lowest BCUT2D eigenvalue weighted by Crippen LogP contribution is -2.25. The SMILES string of the molecule is CC(=O)N1CCc2cc(NC(=O)COc3ccc(Cl)cc3C3CCCCC3)ccc21. The maximum absolute atomic E-state index is 12.5. The number of nitrogens with zero attached hydrogens (tertiary/aromatic N) is 1. The molecule has 2 amide bonds. The predicted octanol–water partition coefficient (Wildman–Crippen LogP) is 5.31. The summed E-state index contributed by atoms with van der Waals surface area (Å²) in [6, 6.07) is 11.3. The van der Waals surface area contributed by atoms with E-state index >= 15 is 0 Å². The second kappa shape index (κ2) is 9.09. The number of rotatable bonds is 5. The van der Waals surface area contributed by atoms with Crippen molar-refractivity contribution >= 4 is 34.8 Å². The molecule has 1 heterocycles. The Kier molecular flexibility index (Phi) is 6.28. The number of nitrogens with one attached hydrogen (secondary N) is 1. The number of fused-ring (bicyclic) bond motifs is 1. The summed E-state index contributed by atoms with van der Waals surface area (Å²) in [5, 5.41) is 3.60. The lowest BCUT2D eigenvalue weighted by Gasteiger charge is -2.24. The highest BCUT2D eigenvalue weighted by Gasteiger charge is 2.23. The first-order chi connectivity index (χ1) is 14.5. The predicted molar refractivity (Wildman–Crippen MR) is 120 cm³/mol. The molecule has 6 heteroatoms. The van der Waals surface area contributed by atoms with E-state index in [-0.39, 0.29) is 18.4 Å². The van der Waals surface area contributed by atoms with E-state index in [0.717, 1.165) is 47.5 Å². The minimum atomic E-state index is -0.207. The molecule has 2 aromatic carbocycles. The van der Waals surface area contributed by atoms with E-state index in [4.69, 9.17) is 16.3 Å². The zero-order chi connectivity index (χ0) is 21.1. The van der Waals surface area contributed by atoms with Crippen LogP contribution in [0.1, 0.15) is 56.1 Å². The van der Waals surface area contributed by atoms with Gasteiger partial charge in [-0.05, 0) is 72.7 Å². The molecule has 1 aliphatic carbocycles. The van der Waals surface area contributed by atoms with Crippen molar-refractivity contribution in [1.29, 1.82) is 0 Å². The van der Waals surface area contributed by atoms with Crippen LogP contribution < -0.4 is 15.0 Å². The first-order valence-electron chi connectivity index (χ1n) is 10.6. The monoisotopic (exact) mass is 426 g/mol. The van der Waals surface area contributed by atoms with Gasteiger partial charge >= 0.3 is 0 Å². The van der Waals surface area contributed by atoms with Crippen LogP contribution in [0.15, 0.2) is 36.4 Å². The Morgan fingerprint density at radius 1 is 1.13 bits per heavy atom. The van der Waals surface area contributed by atoms with E-state index < -0.39 is 0 Å². The average Bonchev–Trinajstić information content (AvgIpc) is 3.17. The molecule has 0 spiro atoms. The van der Waals surface area contributed by atoms with Crippen molar-refractivity contribution in [3.8, 4) is 5.75 Å². The quantitative estimate of drug-likeness (QED) is 0.704. The highest BCUT2D eigenvalue weighted by Crippen LogP contribution is 2.38. The Balaban J connectivity index is 1.39. The van der Waals surface area contributed by atoms with Crippen molar-refractivity contribution in [3.05, 3.63) is 52.5 Å². The highest BCUT2D eigenvalue weighted by atomic mass is 35.5. The van der Waals surface area contributed by atoms with Gasteiger partial charge in [-0.3, -0.25) is 9.59 Å². The maximum Gasteiger partial charge on any atom is 0.262 e. The summed E-state index contributed by atoms with van der Waals surface area (Å²) in [5.41, 5.74) is 3.82. The van der Waals surface area contributed by atoms with Gasteiger partial charge in [-0.2, -0.15) is 0 Å². The fraction of sp³-hybridized carbons (Fsp3) is 0.417. The third-order valence-electron chi connectivity index (χ3n) is 6.01. The van der Waals surface area contributed by atoms with E-state index in [1.807, 2.05) is 36.4 Å². The molecule has 0 aromatic heterocycles. The molecule has 0 unspecified atom stereocenters. The molecule has 30 heavy (non-hydrogen) atoms. The van der Waals surface area contributed by atoms with Crippen LogP contribution >= 0.6 is 11.6 Å². The van der Waals surface area contributed by atoms with E-state index in [0.29, 0.717) is 17.5 Å². The van der Waals surface area contributed by atoms with Gasteiger partial charge in [0.05, 0.1) is 0 Å². The van der Waals surface area contributed by atoms with Crippen LogP contribution in [-0.2, 0) is 16.0 Å². The van der Waals surface area contributed by atoms with Gasteiger partial charge in [0.15, 0.2) is 6.61 Å². The van der Waals surface area contributed by atoms with E-state index in [2.05, 4.69) is 5.32 Å². The van der Waals surface area contributed by atoms with Crippen molar-refractivity contribution in [2.45, 2.75) is 51.4 Å². The maximum atomic E-state index is 12.5. The van der Waals surface area contributed by atoms with Crippen molar-refractivity contribution < 1.29 is 14.3 Å². The molecular weight excluding hydrogens is 400 g/mol. The topological polar surface area (TPSA) is 58.6 Å². The van der Waals surface area contributed by atoms with Crippen molar-refractivity contribution in [1.82, 2.24) is 0 Å². The molecule has 2 aromatic rings. The first-order valence-corrected chi connectivity index (χ1v) is 11.0. The Morgan fingerprint density at radius 3 is 2.70 bits per heavy atom. The van der Waals surface area contributed by atoms with E-state index in [1.165, 1.54) is 19.3 Å². The Morgan fingerprint density at radius 2 is 1.93 bits per heavy atom. The van der Waals surface area contributed by atoms with Crippen LogP contribution in [-0.4, -0.2) is 25.0 Å². The summed E-state index contributed by atoms with van der Waals surface area (Å²) in [7, 11) is 0. The fourth-order valence-electron chi connectivity index (χ4n) is 4.53. The van der Waals surface area contributed by atoms with Gasteiger partial charge in [-0.1, -0.05) is 30.9 Å². The number of carbonyl (C=O) groups excluding carboxylic acids is 2. The molecule has 1 fully saturated rings. The summed E-state index contributed by atoms with van der Waals surface area (Å²) < 4.78 is 5.90. The van der Waals surface area contributed by atoms with Crippen LogP contribution in [0.4, 0.5) is 11.4 Å². The van der Waals surface area contributed by atoms with Gasteiger partial charge in [-0.15, -0.1) is 0 Å². The number of hydrogen-bond acceptors (Lipinski definition) is 3. The van der Waals surface area contributed by atoms with Gasteiger partial charge in [0.1, 0.15) is 5.75 Å². The third-order valence-corrected chi connectivity index (χ3v) is 6.25. The standard InChI is InChI=1S/C24H27ClN2O3/c1-16(28)27-12-11-18-13-20(8-9-22(18)27)26-24(29)15-30-23-10-7-19(25)14-21(23)17-5-3-2-4-6-17/h7-10,13-14,17H,2-6,11-12,15H2,1H3,(H,26,29). The number of amides is 2. The molecule has 0 saturated heterocycles. The number of carbonyl (C=O) groups is 2. The summed E-state index contributed by atoms with van der Waals surface area (Å²) >= 11 is 6.22. The van der Waals surface area contributed by atoms with Gasteiger partial charge in [-0.25, -0.2) is 0 Å². The minimum absolute atomic E-state index is 0.0377. The smallest absolute Gasteiger partial charge is 0.262 e. The summed E-state index contributed by atoms with van der Waals surface area (Å²) in [4.78, 5) is 25.9. The Bertz CT molecular complexity index is 953. The van der Waals surface area contributed by atoms with Gasteiger partial charge in [0.25, 0.3) is 5.91 Å². The van der Waals surface area contributed by atoms with Gasteiger partial charge in [0, 0.05) is 29.9 Å². The first kappa shape index (κ1) is 20.7. The molecule has 2 aliphatic rings. The third kappa shape index (κ3) is 4.62. The van der Waals surface area contributed by atoms with Gasteiger partial charge < -0.3 is 15.0 Å². The van der Waals surface area contributed by atoms with Crippen LogP contribution in [0.2, 0.25) is 5.02 Å². The Hall–Kier alpha value is -2.53. The van der Waals surface area contributed by atoms with Crippen molar-refractivity contribution in [2.24, 2.45) is 0 Å². The molecule has 1 aliphatic heterocycles. The van der Waals surface area contributed by atoms with E-state index in [1.54, 1.807) is 11.8 Å². The second-order valence-electron chi connectivity index (χ2n) is 8.12. The summed E-state index contributed by atoms with van der Waals surface area (Å²) in [6.45, 7) is 2.20. The summed E-state index contributed by atoms with van der Waals surface area (Å²) in [6.07, 6.45) is 6.78. The molecule has 1 saturated carbocycles. The molecule has 0 radical (unpaired) electrons. The lowest BCUT2D eigenvalue weighted by molar-refractivity contribution is -0.118. The van der Waals surface area contributed by atoms with Crippen LogP contribution in [0.25, 0.3) is 0 Å². The molecule has 0 atom stereocenters. The number of anilines is 2. The highest BCUT2D eigenvalue weighted by molar-refractivity contribution is 6.30. The number of hydrogen-bond donors (Lipinski definition) is 1. The van der Waals surface area contributed by atoms with Crippen LogP contribution in [0.5, 0.6) is 5.75 Å². The molecule has 0 bridgehead atoms. The number of halogens is 1. The van der Waals surface area contributed by atoms with Crippen LogP contribution in [0.3, 0.4) is 0 Å². The lowest BCUT2D eigenvalue weighted by atomic mass is 9.84. The molecule has 4 rings (SSSR count). The summed E-state index contributed by atoms with van der Waals surface area (Å²) in [5.74, 6) is 1.01. The largest absolute Gasteiger partial charge is 0.483 e. The Labute approximate surface area is 182 Å². The molecular formula is C24H27ClN2O3. The number of ether oxygens (including phenoxy) is 1. The normalized spacial score (nSPS) is 16.3. The van der Waals surface area contributed by atoms with Crippen molar-refractivity contribution in [3.63, 3.8) is 0 Å².